The van der Waals surface area contributed by atoms with Crippen molar-refractivity contribution >= 4 is 11.6 Å². The SMILES string of the molecule is CCCn1c(CCl)nnc1CC1CCCC1. The van der Waals surface area contributed by atoms with E-state index in [1.807, 2.05) is 0 Å². The number of aromatic nitrogens is 3. The summed E-state index contributed by atoms with van der Waals surface area (Å²) in [6, 6.07) is 0. The predicted octanol–water partition coefficient (Wildman–Crippen LogP) is 3.16. The summed E-state index contributed by atoms with van der Waals surface area (Å²) in [6.45, 7) is 3.18. The van der Waals surface area contributed by atoms with Crippen molar-refractivity contribution in [1.29, 1.82) is 0 Å². The normalized spacial score (nSPS) is 17.1. The first-order chi connectivity index (χ1) is 7.85. The van der Waals surface area contributed by atoms with Gasteiger partial charge < -0.3 is 4.57 Å². The largest absolute Gasteiger partial charge is 0.314 e. The summed E-state index contributed by atoms with van der Waals surface area (Å²) in [5.41, 5.74) is 0. The van der Waals surface area contributed by atoms with Gasteiger partial charge in [0.2, 0.25) is 0 Å². The molecule has 1 aliphatic rings. The molecule has 1 aromatic heterocycles. The molecule has 0 atom stereocenters. The first-order valence-corrected chi connectivity index (χ1v) is 6.85. The molecular weight excluding hydrogens is 222 g/mol. The molecule has 0 amide bonds. The van der Waals surface area contributed by atoms with Gasteiger partial charge in [-0.15, -0.1) is 21.8 Å². The Morgan fingerprint density at radius 3 is 2.56 bits per heavy atom. The van der Waals surface area contributed by atoms with E-state index in [9.17, 15) is 0 Å². The highest BCUT2D eigenvalue weighted by Gasteiger charge is 2.19. The van der Waals surface area contributed by atoms with Crippen LogP contribution in [0.25, 0.3) is 0 Å². The second kappa shape index (κ2) is 5.67. The van der Waals surface area contributed by atoms with Crippen molar-refractivity contribution in [1.82, 2.24) is 14.8 Å². The fourth-order valence-corrected chi connectivity index (χ4v) is 2.77. The lowest BCUT2D eigenvalue weighted by Gasteiger charge is -2.11. The molecule has 0 radical (unpaired) electrons. The van der Waals surface area contributed by atoms with Gasteiger partial charge in [0.05, 0.1) is 5.88 Å². The Hall–Kier alpha value is -0.570. The molecule has 3 nitrogen and oxygen atoms in total. The second-order valence-corrected chi connectivity index (χ2v) is 4.94. The van der Waals surface area contributed by atoms with Crippen LogP contribution in [0.1, 0.15) is 50.7 Å². The Balaban J connectivity index is 2.09. The number of nitrogens with zero attached hydrogens (tertiary/aromatic N) is 3. The molecule has 0 bridgehead atoms. The van der Waals surface area contributed by atoms with Crippen molar-refractivity contribution in [2.24, 2.45) is 5.92 Å². The Bertz CT molecular complexity index is 329. The van der Waals surface area contributed by atoms with E-state index in [0.29, 0.717) is 5.88 Å². The second-order valence-electron chi connectivity index (χ2n) is 4.67. The molecule has 1 aliphatic carbocycles. The minimum Gasteiger partial charge on any atom is -0.314 e. The zero-order valence-electron chi connectivity index (χ0n) is 9.95. The maximum absolute atomic E-state index is 5.87. The lowest BCUT2D eigenvalue weighted by atomic mass is 10.0. The molecule has 0 aromatic carbocycles. The van der Waals surface area contributed by atoms with Gasteiger partial charge in [-0.05, 0) is 12.3 Å². The Morgan fingerprint density at radius 1 is 1.25 bits per heavy atom. The highest BCUT2D eigenvalue weighted by Crippen LogP contribution is 2.27. The minimum atomic E-state index is 0.470. The predicted molar refractivity (Wildman–Crippen MR) is 65.5 cm³/mol. The first-order valence-electron chi connectivity index (χ1n) is 6.32. The van der Waals surface area contributed by atoms with E-state index in [2.05, 4.69) is 21.7 Å². The zero-order valence-corrected chi connectivity index (χ0v) is 10.7. The van der Waals surface area contributed by atoms with Crippen LogP contribution in [-0.4, -0.2) is 14.8 Å². The maximum atomic E-state index is 5.87. The molecule has 0 spiro atoms. The summed E-state index contributed by atoms with van der Waals surface area (Å²) in [7, 11) is 0. The fourth-order valence-electron chi connectivity index (χ4n) is 2.58. The average Bonchev–Trinajstić information content (AvgIpc) is 2.91. The van der Waals surface area contributed by atoms with Gasteiger partial charge in [0.25, 0.3) is 0 Å². The minimum absolute atomic E-state index is 0.470. The lowest BCUT2D eigenvalue weighted by Crippen LogP contribution is -2.10. The van der Waals surface area contributed by atoms with Gasteiger partial charge in [0, 0.05) is 13.0 Å². The van der Waals surface area contributed by atoms with E-state index in [1.54, 1.807) is 0 Å². The Kier molecular flexibility index (Phi) is 4.22. The molecule has 1 fully saturated rings. The van der Waals surface area contributed by atoms with Crippen LogP contribution in [-0.2, 0) is 18.8 Å². The summed E-state index contributed by atoms with van der Waals surface area (Å²) >= 11 is 5.87. The van der Waals surface area contributed by atoms with Crippen molar-refractivity contribution in [2.75, 3.05) is 0 Å². The standard InChI is InChI=1S/C12H20ClN3/c1-2-7-16-11(14-15-12(16)9-13)8-10-5-3-4-6-10/h10H,2-9H2,1H3. The van der Waals surface area contributed by atoms with Gasteiger partial charge in [-0.3, -0.25) is 0 Å². The zero-order chi connectivity index (χ0) is 11.4. The topological polar surface area (TPSA) is 30.7 Å². The van der Waals surface area contributed by atoms with E-state index in [4.69, 9.17) is 11.6 Å². The summed E-state index contributed by atoms with van der Waals surface area (Å²) in [6.07, 6.45) is 7.68. The highest BCUT2D eigenvalue weighted by atomic mass is 35.5. The highest BCUT2D eigenvalue weighted by molar-refractivity contribution is 6.16. The van der Waals surface area contributed by atoms with Crippen LogP contribution in [0.3, 0.4) is 0 Å². The number of hydrogen-bond donors (Lipinski definition) is 0. The van der Waals surface area contributed by atoms with Gasteiger partial charge in [-0.2, -0.15) is 0 Å². The van der Waals surface area contributed by atoms with Gasteiger partial charge in [0.15, 0.2) is 0 Å². The molecule has 0 N–H and O–H groups in total. The summed E-state index contributed by atoms with van der Waals surface area (Å²) in [5, 5.41) is 8.47. The van der Waals surface area contributed by atoms with Crippen molar-refractivity contribution in [3.63, 3.8) is 0 Å². The van der Waals surface area contributed by atoms with Crippen molar-refractivity contribution in [2.45, 2.75) is 57.9 Å². The third kappa shape index (κ3) is 2.57. The molecular formula is C12H20ClN3. The molecule has 1 saturated carbocycles. The third-order valence-electron chi connectivity index (χ3n) is 3.42. The van der Waals surface area contributed by atoms with E-state index in [0.717, 1.165) is 37.0 Å². The summed E-state index contributed by atoms with van der Waals surface area (Å²) < 4.78 is 2.21. The number of halogens is 1. The Morgan fingerprint density at radius 2 is 1.94 bits per heavy atom. The summed E-state index contributed by atoms with van der Waals surface area (Å²) in [4.78, 5) is 0. The van der Waals surface area contributed by atoms with Crippen LogP contribution < -0.4 is 0 Å². The average molecular weight is 242 g/mol. The number of hydrogen-bond acceptors (Lipinski definition) is 2. The molecule has 4 heteroatoms. The molecule has 16 heavy (non-hydrogen) atoms. The van der Waals surface area contributed by atoms with Gasteiger partial charge in [-0.25, -0.2) is 0 Å². The van der Waals surface area contributed by atoms with E-state index >= 15 is 0 Å². The van der Waals surface area contributed by atoms with E-state index in [-0.39, 0.29) is 0 Å². The molecule has 1 heterocycles. The van der Waals surface area contributed by atoms with Crippen LogP contribution >= 0.6 is 11.6 Å². The number of alkyl halides is 1. The van der Waals surface area contributed by atoms with Crippen LogP contribution in [0.2, 0.25) is 0 Å². The summed E-state index contributed by atoms with van der Waals surface area (Å²) in [5.74, 6) is 3.36. The first kappa shape index (κ1) is 11.9. The molecule has 0 aliphatic heterocycles. The van der Waals surface area contributed by atoms with Gasteiger partial charge in [0.1, 0.15) is 11.6 Å². The van der Waals surface area contributed by atoms with E-state index in [1.165, 1.54) is 25.7 Å². The van der Waals surface area contributed by atoms with Crippen molar-refractivity contribution in [3.05, 3.63) is 11.6 Å². The smallest absolute Gasteiger partial charge is 0.147 e. The van der Waals surface area contributed by atoms with Crippen molar-refractivity contribution in [3.8, 4) is 0 Å². The monoisotopic (exact) mass is 241 g/mol. The lowest BCUT2D eigenvalue weighted by molar-refractivity contribution is 0.503. The quantitative estimate of drug-likeness (QED) is 0.742. The fraction of sp³-hybridized carbons (Fsp3) is 0.833. The molecule has 1 aromatic rings. The Labute approximate surface area is 102 Å². The molecule has 0 unspecified atom stereocenters. The number of rotatable bonds is 5. The van der Waals surface area contributed by atoms with Crippen LogP contribution in [0.5, 0.6) is 0 Å². The maximum Gasteiger partial charge on any atom is 0.147 e. The van der Waals surface area contributed by atoms with Crippen LogP contribution in [0, 0.1) is 5.92 Å². The third-order valence-corrected chi connectivity index (χ3v) is 3.66. The van der Waals surface area contributed by atoms with Crippen LogP contribution in [0.15, 0.2) is 0 Å². The molecule has 0 saturated heterocycles. The van der Waals surface area contributed by atoms with Gasteiger partial charge in [-0.1, -0.05) is 32.6 Å². The van der Waals surface area contributed by atoms with E-state index < -0.39 is 0 Å². The van der Waals surface area contributed by atoms with Gasteiger partial charge >= 0.3 is 0 Å². The van der Waals surface area contributed by atoms with Crippen molar-refractivity contribution < 1.29 is 0 Å². The van der Waals surface area contributed by atoms with Crippen LogP contribution in [0.4, 0.5) is 0 Å². The molecule has 90 valence electrons. The molecule has 2 rings (SSSR count).